The molecule has 0 saturated carbocycles. The second kappa shape index (κ2) is 6.40. The summed E-state index contributed by atoms with van der Waals surface area (Å²) in [5, 5.41) is 2.48. The van der Waals surface area contributed by atoms with Gasteiger partial charge in [-0.1, -0.05) is 20.8 Å². The van der Waals surface area contributed by atoms with Crippen molar-refractivity contribution in [2.45, 2.75) is 40.2 Å². The summed E-state index contributed by atoms with van der Waals surface area (Å²) in [5.74, 6) is 0.310. The van der Waals surface area contributed by atoms with Gasteiger partial charge in [-0.05, 0) is 12.8 Å². The zero-order valence-electron chi connectivity index (χ0n) is 9.29. The minimum Gasteiger partial charge on any atom is -0.449 e. The largest absolute Gasteiger partial charge is 0.449 e. The van der Waals surface area contributed by atoms with Crippen molar-refractivity contribution in [3.63, 3.8) is 0 Å². The van der Waals surface area contributed by atoms with Crippen LogP contribution in [0.2, 0.25) is 0 Å². The van der Waals surface area contributed by atoms with E-state index in [4.69, 9.17) is 4.74 Å². The number of nitrogens with one attached hydrogen (secondary N) is 1. The van der Waals surface area contributed by atoms with E-state index in [1.807, 2.05) is 13.8 Å². The van der Waals surface area contributed by atoms with E-state index in [2.05, 4.69) is 5.32 Å². The second-order valence-electron chi connectivity index (χ2n) is 3.68. The van der Waals surface area contributed by atoms with Crippen molar-refractivity contribution in [2.24, 2.45) is 5.92 Å². The minimum atomic E-state index is -0.520. The summed E-state index contributed by atoms with van der Waals surface area (Å²) in [4.78, 5) is 22.2. The van der Waals surface area contributed by atoms with Gasteiger partial charge in [0.15, 0.2) is 5.78 Å². The van der Waals surface area contributed by atoms with Crippen molar-refractivity contribution >= 4 is 11.9 Å². The van der Waals surface area contributed by atoms with Crippen LogP contribution in [0.3, 0.4) is 0 Å². The molecule has 0 saturated heterocycles. The Morgan fingerprint density at radius 2 is 1.86 bits per heavy atom. The van der Waals surface area contributed by atoms with Crippen molar-refractivity contribution in [1.82, 2.24) is 5.32 Å². The fourth-order valence-electron chi connectivity index (χ4n) is 0.847. The van der Waals surface area contributed by atoms with Gasteiger partial charge in [-0.25, -0.2) is 4.79 Å². The lowest BCUT2D eigenvalue weighted by Crippen LogP contribution is -2.38. The lowest BCUT2D eigenvalue weighted by atomic mass is 10.2. The Hall–Kier alpha value is -1.06. The van der Waals surface area contributed by atoms with E-state index in [1.165, 1.54) is 0 Å². The number of ether oxygens (including phenoxy) is 1. The molecule has 0 fully saturated rings. The number of carbonyl (C=O) groups excluding carboxylic acids is 2. The van der Waals surface area contributed by atoms with Gasteiger partial charge in [0.05, 0.1) is 12.6 Å². The predicted molar refractivity (Wildman–Crippen MR) is 54.1 cm³/mol. The monoisotopic (exact) mass is 201 g/mol. The molecule has 0 aromatic rings. The van der Waals surface area contributed by atoms with Crippen LogP contribution >= 0.6 is 0 Å². The summed E-state index contributed by atoms with van der Waals surface area (Å²) < 4.78 is 4.87. The van der Waals surface area contributed by atoms with Crippen molar-refractivity contribution in [2.75, 3.05) is 6.61 Å². The van der Waals surface area contributed by atoms with Gasteiger partial charge in [0, 0.05) is 6.42 Å². The van der Waals surface area contributed by atoms with Crippen LogP contribution < -0.4 is 5.32 Å². The molecular weight excluding hydrogens is 182 g/mol. The fraction of sp³-hybridized carbons (Fsp3) is 0.800. The molecule has 1 N–H and O–H groups in total. The van der Waals surface area contributed by atoms with E-state index in [1.54, 1.807) is 13.8 Å². The van der Waals surface area contributed by atoms with Crippen molar-refractivity contribution < 1.29 is 14.3 Å². The van der Waals surface area contributed by atoms with E-state index >= 15 is 0 Å². The second-order valence-corrected chi connectivity index (χ2v) is 3.68. The Morgan fingerprint density at radius 3 is 2.29 bits per heavy atom. The first kappa shape index (κ1) is 12.9. The van der Waals surface area contributed by atoms with E-state index in [9.17, 15) is 9.59 Å². The number of amides is 1. The zero-order valence-corrected chi connectivity index (χ0v) is 9.29. The Labute approximate surface area is 85.0 Å². The molecule has 0 aromatic carbocycles. The van der Waals surface area contributed by atoms with Crippen LogP contribution in [0, 0.1) is 5.92 Å². The van der Waals surface area contributed by atoms with Crippen molar-refractivity contribution in [3.8, 4) is 0 Å². The number of Topliss-reactive ketones (excluding diaryl/α,β-unsaturated/α-hetero) is 1. The first-order valence-electron chi connectivity index (χ1n) is 4.93. The maximum Gasteiger partial charge on any atom is 0.407 e. The van der Waals surface area contributed by atoms with Gasteiger partial charge in [-0.15, -0.1) is 0 Å². The number of hydrogen-bond donors (Lipinski definition) is 1. The van der Waals surface area contributed by atoms with E-state index in [0.29, 0.717) is 18.9 Å². The Balaban J connectivity index is 3.77. The Bertz CT molecular complexity index is 202. The Morgan fingerprint density at radius 1 is 1.29 bits per heavy atom. The summed E-state index contributed by atoms with van der Waals surface area (Å²) in [6, 6.07) is -0.459. The molecule has 0 aliphatic heterocycles. The standard InChI is InChI=1S/C10H19NO3/c1-5-9(12)8(4)11-10(13)14-6-7(2)3/h7-8H,5-6H2,1-4H3,(H,11,13). The van der Waals surface area contributed by atoms with Gasteiger partial charge in [0.1, 0.15) is 0 Å². The Kier molecular flexibility index (Phi) is 5.92. The molecule has 14 heavy (non-hydrogen) atoms. The van der Waals surface area contributed by atoms with Crippen LogP contribution in [0.15, 0.2) is 0 Å². The molecular formula is C10H19NO3. The number of alkyl carbamates (subject to hydrolysis) is 1. The molecule has 1 atom stereocenters. The first-order chi connectivity index (χ1) is 6.47. The highest BCUT2D eigenvalue weighted by Crippen LogP contribution is 1.95. The maximum absolute atomic E-state index is 11.1. The molecule has 4 heteroatoms. The third-order valence-electron chi connectivity index (χ3n) is 1.71. The lowest BCUT2D eigenvalue weighted by Gasteiger charge is -2.12. The van der Waals surface area contributed by atoms with Gasteiger partial charge in [-0.3, -0.25) is 4.79 Å². The topological polar surface area (TPSA) is 55.4 Å². The zero-order chi connectivity index (χ0) is 11.1. The van der Waals surface area contributed by atoms with E-state index < -0.39 is 12.1 Å². The summed E-state index contributed by atoms with van der Waals surface area (Å²) in [5.41, 5.74) is 0. The number of hydrogen-bond acceptors (Lipinski definition) is 3. The normalized spacial score (nSPS) is 12.4. The number of carbonyl (C=O) groups is 2. The summed E-state index contributed by atoms with van der Waals surface area (Å²) in [6.07, 6.45) is -0.0981. The first-order valence-corrected chi connectivity index (χ1v) is 4.93. The molecule has 1 unspecified atom stereocenters. The van der Waals surface area contributed by atoms with Gasteiger partial charge >= 0.3 is 6.09 Å². The molecule has 0 aromatic heterocycles. The highest BCUT2D eigenvalue weighted by molar-refractivity contribution is 5.86. The predicted octanol–water partition coefficient (Wildman–Crippen LogP) is 1.74. The van der Waals surface area contributed by atoms with Gasteiger partial charge in [0.25, 0.3) is 0 Å². The van der Waals surface area contributed by atoms with Crippen molar-refractivity contribution in [3.05, 3.63) is 0 Å². The van der Waals surface area contributed by atoms with Crippen LogP contribution in [0.1, 0.15) is 34.1 Å². The van der Waals surface area contributed by atoms with Gasteiger partial charge < -0.3 is 10.1 Å². The van der Waals surface area contributed by atoms with Crippen LogP contribution in [0.4, 0.5) is 4.79 Å². The SMILES string of the molecule is CCC(=O)C(C)NC(=O)OCC(C)C. The average Bonchev–Trinajstić information content (AvgIpc) is 2.13. The van der Waals surface area contributed by atoms with Crippen LogP contribution in [0.5, 0.6) is 0 Å². The molecule has 0 bridgehead atoms. The summed E-state index contributed by atoms with van der Waals surface area (Å²) in [6.45, 7) is 7.70. The smallest absolute Gasteiger partial charge is 0.407 e. The molecule has 0 radical (unpaired) electrons. The third kappa shape index (κ3) is 5.56. The minimum absolute atomic E-state index is 0.00602. The van der Waals surface area contributed by atoms with Crippen molar-refractivity contribution in [1.29, 1.82) is 0 Å². The molecule has 4 nitrogen and oxygen atoms in total. The van der Waals surface area contributed by atoms with E-state index in [-0.39, 0.29) is 5.78 Å². The molecule has 0 spiro atoms. The van der Waals surface area contributed by atoms with Gasteiger partial charge in [-0.2, -0.15) is 0 Å². The molecule has 82 valence electrons. The number of ketones is 1. The highest BCUT2D eigenvalue weighted by atomic mass is 16.5. The van der Waals surface area contributed by atoms with Crippen LogP contribution in [-0.2, 0) is 9.53 Å². The summed E-state index contributed by atoms with van der Waals surface area (Å²) >= 11 is 0. The summed E-state index contributed by atoms with van der Waals surface area (Å²) in [7, 11) is 0. The molecule has 0 aliphatic carbocycles. The highest BCUT2D eigenvalue weighted by Gasteiger charge is 2.14. The molecule has 0 aliphatic rings. The lowest BCUT2D eigenvalue weighted by molar-refractivity contribution is -0.120. The fourth-order valence-corrected chi connectivity index (χ4v) is 0.847. The van der Waals surface area contributed by atoms with Crippen LogP contribution in [0.25, 0.3) is 0 Å². The average molecular weight is 201 g/mol. The molecule has 0 heterocycles. The van der Waals surface area contributed by atoms with E-state index in [0.717, 1.165) is 0 Å². The maximum atomic E-state index is 11.1. The van der Waals surface area contributed by atoms with Crippen LogP contribution in [-0.4, -0.2) is 24.5 Å². The third-order valence-corrected chi connectivity index (χ3v) is 1.71. The molecule has 0 rings (SSSR count). The quantitative estimate of drug-likeness (QED) is 0.737. The number of rotatable bonds is 5. The molecule has 1 amide bonds. The van der Waals surface area contributed by atoms with Gasteiger partial charge in [0.2, 0.25) is 0 Å².